The summed E-state index contributed by atoms with van der Waals surface area (Å²) in [6.07, 6.45) is 5.69. The fourth-order valence-corrected chi connectivity index (χ4v) is 2.93. The Balaban J connectivity index is 1.55. The van der Waals surface area contributed by atoms with Gasteiger partial charge in [0, 0.05) is 18.9 Å². The van der Waals surface area contributed by atoms with Crippen molar-refractivity contribution in [2.75, 3.05) is 13.1 Å². The topological polar surface area (TPSA) is 95.3 Å². The zero-order chi connectivity index (χ0) is 14.4. The Morgan fingerprint density at radius 1 is 1.52 bits per heavy atom. The molecule has 3 heterocycles. The minimum atomic E-state index is -1.12. The van der Waals surface area contributed by atoms with E-state index in [2.05, 4.69) is 15.4 Å². The first-order valence-corrected chi connectivity index (χ1v) is 7.13. The molecule has 2 fully saturated rings. The maximum Gasteiger partial charge on any atom is 0.257 e. The Kier molecular flexibility index (Phi) is 2.65. The van der Waals surface area contributed by atoms with Gasteiger partial charge in [-0.1, -0.05) is 0 Å². The number of aliphatic hydroxyl groups is 1. The van der Waals surface area contributed by atoms with Gasteiger partial charge in [-0.3, -0.25) is 4.79 Å². The van der Waals surface area contributed by atoms with Crippen LogP contribution in [0, 0.1) is 0 Å². The summed E-state index contributed by atoms with van der Waals surface area (Å²) in [5.74, 6) is 1.10. The Labute approximate surface area is 120 Å². The normalized spacial score (nSPS) is 25.5. The minimum Gasteiger partial charge on any atom is -0.468 e. The molecular formula is C14H16N4O3. The van der Waals surface area contributed by atoms with Crippen LogP contribution < -0.4 is 0 Å². The second-order valence-corrected chi connectivity index (χ2v) is 5.84. The van der Waals surface area contributed by atoms with E-state index in [9.17, 15) is 9.90 Å². The Bertz CT molecular complexity index is 662. The SMILES string of the molecule is O=C(c1ccoc1C1CC1)N1CC[C@@](O)(c2cn[nH]n2)C1. The predicted molar refractivity (Wildman–Crippen MR) is 71.5 cm³/mol. The van der Waals surface area contributed by atoms with Gasteiger partial charge in [0.05, 0.1) is 24.6 Å². The number of carbonyl (C=O) groups excluding carboxylic acids is 1. The molecule has 2 aliphatic rings. The highest BCUT2D eigenvalue weighted by Gasteiger charge is 2.43. The summed E-state index contributed by atoms with van der Waals surface area (Å²) < 4.78 is 5.46. The van der Waals surface area contributed by atoms with Crippen molar-refractivity contribution in [1.29, 1.82) is 0 Å². The molecule has 7 heteroatoms. The highest BCUT2D eigenvalue weighted by atomic mass is 16.3. The number of aromatic amines is 1. The number of carbonyl (C=O) groups is 1. The standard InChI is InChI=1S/C14H16N4O3/c19-13(10-3-6-21-12(10)9-1-2-9)18-5-4-14(20,8-18)11-7-15-17-16-11/h3,6-7,9,20H,1-2,4-5,8H2,(H,15,16,17)/t14-/m0/s1. The fourth-order valence-electron chi connectivity index (χ4n) is 2.93. The molecule has 1 saturated heterocycles. The number of hydrogen-bond donors (Lipinski definition) is 2. The first kappa shape index (κ1) is 12.6. The molecule has 1 amide bonds. The van der Waals surface area contributed by atoms with Crippen LogP contribution in [0.25, 0.3) is 0 Å². The quantitative estimate of drug-likeness (QED) is 0.878. The molecule has 0 unspecified atom stereocenters. The fraction of sp³-hybridized carbons (Fsp3) is 0.500. The highest BCUT2D eigenvalue weighted by Crippen LogP contribution is 2.42. The van der Waals surface area contributed by atoms with Gasteiger partial charge in [-0.25, -0.2) is 0 Å². The van der Waals surface area contributed by atoms with E-state index in [1.54, 1.807) is 17.2 Å². The van der Waals surface area contributed by atoms with Crippen molar-refractivity contribution in [2.24, 2.45) is 0 Å². The smallest absolute Gasteiger partial charge is 0.257 e. The maximum absolute atomic E-state index is 12.6. The summed E-state index contributed by atoms with van der Waals surface area (Å²) in [7, 11) is 0. The molecule has 110 valence electrons. The third kappa shape index (κ3) is 2.04. The van der Waals surface area contributed by atoms with Crippen molar-refractivity contribution in [3.05, 3.63) is 35.5 Å². The Morgan fingerprint density at radius 2 is 2.38 bits per heavy atom. The molecule has 2 aromatic rings. The van der Waals surface area contributed by atoms with Crippen LogP contribution in [0.4, 0.5) is 0 Å². The molecule has 0 aromatic carbocycles. The molecule has 2 aromatic heterocycles. The number of hydrogen-bond acceptors (Lipinski definition) is 5. The third-order valence-corrected chi connectivity index (χ3v) is 4.30. The summed E-state index contributed by atoms with van der Waals surface area (Å²) in [6, 6.07) is 1.73. The lowest BCUT2D eigenvalue weighted by Gasteiger charge is -2.21. The molecule has 1 saturated carbocycles. The van der Waals surface area contributed by atoms with E-state index in [0.717, 1.165) is 18.6 Å². The average Bonchev–Trinajstić information content (AvgIpc) is 2.95. The van der Waals surface area contributed by atoms with E-state index in [0.29, 0.717) is 30.1 Å². The van der Waals surface area contributed by atoms with E-state index in [1.165, 1.54) is 6.20 Å². The number of rotatable bonds is 3. The number of furan rings is 1. The van der Waals surface area contributed by atoms with Crippen molar-refractivity contribution in [1.82, 2.24) is 20.3 Å². The second kappa shape index (κ2) is 4.42. The van der Waals surface area contributed by atoms with Crippen LogP contribution in [0.5, 0.6) is 0 Å². The first-order valence-electron chi connectivity index (χ1n) is 7.13. The van der Waals surface area contributed by atoms with Gasteiger partial charge in [-0.05, 0) is 18.9 Å². The van der Waals surface area contributed by atoms with Gasteiger partial charge < -0.3 is 14.4 Å². The lowest BCUT2D eigenvalue weighted by molar-refractivity contribution is 0.0381. The lowest BCUT2D eigenvalue weighted by atomic mass is 10.00. The minimum absolute atomic E-state index is 0.0786. The van der Waals surface area contributed by atoms with Crippen molar-refractivity contribution in [3.63, 3.8) is 0 Å². The van der Waals surface area contributed by atoms with Crippen molar-refractivity contribution >= 4 is 5.91 Å². The molecule has 0 radical (unpaired) electrons. The van der Waals surface area contributed by atoms with Crippen LogP contribution in [-0.4, -0.2) is 44.4 Å². The van der Waals surface area contributed by atoms with Crippen LogP contribution in [0.3, 0.4) is 0 Å². The van der Waals surface area contributed by atoms with Crippen molar-refractivity contribution in [3.8, 4) is 0 Å². The second-order valence-electron chi connectivity index (χ2n) is 5.84. The van der Waals surface area contributed by atoms with Crippen LogP contribution in [0.2, 0.25) is 0 Å². The maximum atomic E-state index is 12.6. The van der Waals surface area contributed by atoms with E-state index >= 15 is 0 Å². The third-order valence-electron chi connectivity index (χ3n) is 4.30. The number of nitrogens with one attached hydrogen (secondary N) is 1. The zero-order valence-corrected chi connectivity index (χ0v) is 11.5. The van der Waals surface area contributed by atoms with Gasteiger partial charge in [0.2, 0.25) is 0 Å². The Hall–Kier alpha value is -2.15. The molecular weight excluding hydrogens is 272 g/mol. The highest BCUT2D eigenvalue weighted by molar-refractivity contribution is 5.95. The molecule has 0 bridgehead atoms. The molecule has 7 nitrogen and oxygen atoms in total. The van der Waals surface area contributed by atoms with Crippen molar-refractivity contribution in [2.45, 2.75) is 30.8 Å². The summed E-state index contributed by atoms with van der Waals surface area (Å²) >= 11 is 0. The predicted octanol–water partition coefficient (Wildman–Crippen LogP) is 1.01. The number of aromatic nitrogens is 3. The number of amides is 1. The largest absolute Gasteiger partial charge is 0.468 e. The first-order chi connectivity index (χ1) is 10.2. The van der Waals surface area contributed by atoms with Crippen molar-refractivity contribution < 1.29 is 14.3 Å². The van der Waals surface area contributed by atoms with E-state index < -0.39 is 5.60 Å². The zero-order valence-electron chi connectivity index (χ0n) is 11.5. The summed E-state index contributed by atoms with van der Waals surface area (Å²) in [4.78, 5) is 14.3. The molecule has 4 rings (SSSR count). The van der Waals surface area contributed by atoms with E-state index in [1.807, 2.05) is 0 Å². The van der Waals surface area contributed by atoms with Crippen LogP contribution >= 0.6 is 0 Å². The number of nitrogens with zero attached hydrogens (tertiary/aromatic N) is 3. The number of H-pyrrole nitrogens is 1. The average molecular weight is 288 g/mol. The van der Waals surface area contributed by atoms with Gasteiger partial charge in [0.15, 0.2) is 0 Å². The lowest BCUT2D eigenvalue weighted by Crippen LogP contribution is -2.34. The Morgan fingerprint density at radius 3 is 3.10 bits per heavy atom. The number of likely N-dealkylation sites (tertiary alicyclic amines) is 1. The monoisotopic (exact) mass is 288 g/mol. The van der Waals surface area contributed by atoms with E-state index in [-0.39, 0.29) is 12.5 Å². The molecule has 1 aliphatic carbocycles. The summed E-state index contributed by atoms with van der Waals surface area (Å²) in [5.41, 5.74) is -0.0131. The van der Waals surface area contributed by atoms with Crippen LogP contribution in [0.1, 0.15) is 47.0 Å². The van der Waals surface area contributed by atoms with Gasteiger partial charge in [-0.2, -0.15) is 15.4 Å². The van der Waals surface area contributed by atoms with E-state index in [4.69, 9.17) is 4.42 Å². The summed E-state index contributed by atoms with van der Waals surface area (Å²) in [6.45, 7) is 0.727. The summed E-state index contributed by atoms with van der Waals surface area (Å²) in [5, 5.41) is 20.8. The van der Waals surface area contributed by atoms with Crippen LogP contribution in [0.15, 0.2) is 22.9 Å². The van der Waals surface area contributed by atoms with Gasteiger partial charge in [-0.15, -0.1) is 0 Å². The molecule has 1 atom stereocenters. The molecule has 0 spiro atoms. The number of β-amino-alcohol motifs (C(OH)–C–C–N with tert-alkyl or cyclic N) is 1. The van der Waals surface area contributed by atoms with Gasteiger partial charge in [0.1, 0.15) is 17.1 Å². The van der Waals surface area contributed by atoms with Gasteiger partial charge >= 0.3 is 0 Å². The molecule has 21 heavy (non-hydrogen) atoms. The molecule has 2 N–H and O–H groups in total. The van der Waals surface area contributed by atoms with Crippen LogP contribution in [-0.2, 0) is 5.60 Å². The van der Waals surface area contributed by atoms with Gasteiger partial charge in [0.25, 0.3) is 5.91 Å². The molecule has 1 aliphatic heterocycles.